The van der Waals surface area contributed by atoms with E-state index in [0.717, 1.165) is 10.8 Å². The molecule has 1 aliphatic rings. The fraction of sp³-hybridized carbons (Fsp3) is 0.375. The van der Waals surface area contributed by atoms with Gasteiger partial charge in [0, 0.05) is 19.1 Å². The summed E-state index contributed by atoms with van der Waals surface area (Å²) in [7, 11) is -6.98. The summed E-state index contributed by atoms with van der Waals surface area (Å²) in [5, 5.41) is 1.77. The van der Waals surface area contributed by atoms with Gasteiger partial charge in [-0.3, -0.25) is 0 Å². The highest BCUT2D eigenvalue weighted by atomic mass is 32.2. The van der Waals surface area contributed by atoms with Crippen molar-refractivity contribution in [3.05, 3.63) is 42.5 Å². The third kappa shape index (κ3) is 3.32. The molecule has 1 fully saturated rings. The van der Waals surface area contributed by atoms with E-state index in [1.54, 1.807) is 18.2 Å². The van der Waals surface area contributed by atoms with Gasteiger partial charge < -0.3 is 5.73 Å². The third-order valence-electron chi connectivity index (χ3n) is 4.29. The molecule has 0 spiro atoms. The Morgan fingerprint density at radius 2 is 1.83 bits per heavy atom. The number of sulfone groups is 1. The molecule has 130 valence electrons. The Morgan fingerprint density at radius 1 is 1.12 bits per heavy atom. The molecular weight excluding hydrogens is 348 g/mol. The fourth-order valence-electron chi connectivity index (χ4n) is 3.09. The molecule has 0 saturated carbocycles. The van der Waals surface area contributed by atoms with Gasteiger partial charge in [-0.25, -0.2) is 16.8 Å². The van der Waals surface area contributed by atoms with E-state index < -0.39 is 25.9 Å². The van der Waals surface area contributed by atoms with Crippen LogP contribution >= 0.6 is 0 Å². The van der Waals surface area contributed by atoms with E-state index in [1.807, 2.05) is 24.3 Å². The van der Waals surface area contributed by atoms with Crippen LogP contribution in [0.4, 0.5) is 0 Å². The van der Waals surface area contributed by atoms with Crippen LogP contribution in [0.25, 0.3) is 10.8 Å². The molecule has 0 bridgehead atoms. The Morgan fingerprint density at radius 3 is 2.46 bits per heavy atom. The molecule has 0 aromatic heterocycles. The molecule has 6 nitrogen and oxygen atoms in total. The number of nitrogens with two attached hydrogens (primary N) is 1. The van der Waals surface area contributed by atoms with Crippen molar-refractivity contribution in [3.8, 4) is 0 Å². The zero-order valence-corrected chi connectivity index (χ0v) is 14.8. The largest absolute Gasteiger partial charge is 0.329 e. The van der Waals surface area contributed by atoms with Crippen molar-refractivity contribution in [3.63, 3.8) is 0 Å². The van der Waals surface area contributed by atoms with Crippen molar-refractivity contribution in [2.75, 3.05) is 24.6 Å². The SMILES string of the molecule is NCCN([C@@H]1CCS(=O)(=O)C1)S(=O)(=O)c1ccc2ccccc2c1. The molecule has 1 saturated heterocycles. The first-order valence-corrected chi connectivity index (χ1v) is 11.0. The highest BCUT2D eigenvalue weighted by molar-refractivity contribution is 7.92. The molecule has 1 atom stereocenters. The Balaban J connectivity index is 2.01. The first-order valence-electron chi connectivity index (χ1n) is 7.75. The van der Waals surface area contributed by atoms with Crippen LogP contribution < -0.4 is 5.73 Å². The summed E-state index contributed by atoms with van der Waals surface area (Å²) in [4.78, 5) is 0.166. The van der Waals surface area contributed by atoms with Crippen LogP contribution in [-0.4, -0.2) is 51.8 Å². The summed E-state index contributed by atoms with van der Waals surface area (Å²) in [5.74, 6) is -0.119. The molecule has 1 aliphatic heterocycles. The number of nitrogens with zero attached hydrogens (tertiary/aromatic N) is 1. The van der Waals surface area contributed by atoms with Crippen molar-refractivity contribution in [2.24, 2.45) is 5.73 Å². The molecule has 2 aromatic rings. The molecule has 8 heteroatoms. The monoisotopic (exact) mass is 368 g/mol. The zero-order chi connectivity index (χ0) is 17.4. The number of benzene rings is 2. The normalized spacial score (nSPS) is 20.7. The standard InChI is InChI=1S/C16H20N2O4S2/c17-8-9-18(15-7-10-23(19,20)12-15)24(21,22)16-6-5-13-3-1-2-4-14(13)11-16/h1-6,11,15H,7-10,12,17H2/t15-/m1/s1. The molecular formula is C16H20N2O4S2. The third-order valence-corrected chi connectivity index (χ3v) is 7.99. The Bertz CT molecular complexity index is 955. The highest BCUT2D eigenvalue weighted by Crippen LogP contribution is 2.26. The van der Waals surface area contributed by atoms with Crippen molar-refractivity contribution < 1.29 is 16.8 Å². The smallest absolute Gasteiger partial charge is 0.243 e. The maximum Gasteiger partial charge on any atom is 0.243 e. The molecule has 0 radical (unpaired) electrons. The molecule has 3 rings (SSSR count). The lowest BCUT2D eigenvalue weighted by Gasteiger charge is -2.27. The summed E-state index contributed by atoms with van der Waals surface area (Å²) >= 11 is 0. The number of hydrogen-bond acceptors (Lipinski definition) is 5. The first kappa shape index (κ1) is 17.3. The van der Waals surface area contributed by atoms with Gasteiger partial charge in [-0.05, 0) is 29.3 Å². The molecule has 24 heavy (non-hydrogen) atoms. The van der Waals surface area contributed by atoms with Gasteiger partial charge in [0.05, 0.1) is 16.4 Å². The van der Waals surface area contributed by atoms with Gasteiger partial charge in [0.15, 0.2) is 9.84 Å². The number of hydrogen-bond donors (Lipinski definition) is 1. The van der Waals surface area contributed by atoms with Crippen LogP contribution in [0.3, 0.4) is 0 Å². The summed E-state index contributed by atoms with van der Waals surface area (Å²) < 4.78 is 50.8. The number of fused-ring (bicyclic) bond motifs is 1. The van der Waals surface area contributed by atoms with Gasteiger partial charge in [0.25, 0.3) is 0 Å². The molecule has 2 N–H and O–H groups in total. The van der Waals surface area contributed by atoms with Crippen LogP contribution in [0.1, 0.15) is 6.42 Å². The molecule has 1 heterocycles. The fourth-order valence-corrected chi connectivity index (χ4v) is 6.62. The Hall–Kier alpha value is -1.48. The van der Waals surface area contributed by atoms with Gasteiger partial charge in [0.2, 0.25) is 10.0 Å². The molecule has 0 unspecified atom stereocenters. The zero-order valence-electron chi connectivity index (χ0n) is 13.1. The Kier molecular flexibility index (Phi) is 4.65. The van der Waals surface area contributed by atoms with E-state index in [9.17, 15) is 16.8 Å². The quantitative estimate of drug-likeness (QED) is 0.848. The van der Waals surface area contributed by atoms with Crippen molar-refractivity contribution in [2.45, 2.75) is 17.4 Å². The predicted molar refractivity (Wildman–Crippen MR) is 94.0 cm³/mol. The van der Waals surface area contributed by atoms with Crippen molar-refractivity contribution >= 4 is 30.6 Å². The molecule has 0 amide bonds. The predicted octanol–water partition coefficient (Wildman–Crippen LogP) is 0.976. The van der Waals surface area contributed by atoms with Crippen LogP contribution in [0.15, 0.2) is 47.4 Å². The lowest BCUT2D eigenvalue weighted by molar-refractivity contribution is 0.347. The minimum absolute atomic E-state index is 0.0198. The second-order valence-electron chi connectivity index (χ2n) is 5.97. The topological polar surface area (TPSA) is 97.5 Å². The van der Waals surface area contributed by atoms with E-state index in [1.165, 1.54) is 4.31 Å². The van der Waals surface area contributed by atoms with Crippen molar-refractivity contribution in [1.29, 1.82) is 0 Å². The van der Waals surface area contributed by atoms with E-state index in [-0.39, 0.29) is 29.5 Å². The highest BCUT2D eigenvalue weighted by Gasteiger charge is 2.38. The average Bonchev–Trinajstić information content (AvgIpc) is 2.91. The summed E-state index contributed by atoms with van der Waals surface area (Å²) in [5.41, 5.74) is 5.57. The lowest BCUT2D eigenvalue weighted by Crippen LogP contribution is -2.43. The minimum Gasteiger partial charge on any atom is -0.329 e. The summed E-state index contributed by atoms with van der Waals surface area (Å²) in [6.07, 6.45) is 0.315. The van der Waals surface area contributed by atoms with E-state index in [2.05, 4.69) is 0 Å². The van der Waals surface area contributed by atoms with Gasteiger partial charge in [0.1, 0.15) is 0 Å². The molecule has 0 aliphatic carbocycles. The van der Waals surface area contributed by atoms with Crippen LogP contribution in [0.2, 0.25) is 0 Å². The van der Waals surface area contributed by atoms with E-state index in [0.29, 0.717) is 6.42 Å². The second kappa shape index (κ2) is 6.44. The number of sulfonamides is 1. The van der Waals surface area contributed by atoms with Gasteiger partial charge in [-0.2, -0.15) is 4.31 Å². The first-order chi connectivity index (χ1) is 11.3. The van der Waals surface area contributed by atoms with Crippen LogP contribution in [0.5, 0.6) is 0 Å². The Labute approximate surface area is 142 Å². The van der Waals surface area contributed by atoms with Gasteiger partial charge >= 0.3 is 0 Å². The lowest BCUT2D eigenvalue weighted by atomic mass is 10.1. The average molecular weight is 368 g/mol. The van der Waals surface area contributed by atoms with Crippen LogP contribution in [-0.2, 0) is 19.9 Å². The van der Waals surface area contributed by atoms with Crippen LogP contribution in [0, 0.1) is 0 Å². The number of rotatable bonds is 5. The van der Waals surface area contributed by atoms with E-state index >= 15 is 0 Å². The van der Waals surface area contributed by atoms with Gasteiger partial charge in [-0.15, -0.1) is 0 Å². The summed E-state index contributed by atoms with van der Waals surface area (Å²) in [6, 6.07) is 11.9. The minimum atomic E-state index is -3.80. The maximum atomic E-state index is 13.0. The maximum absolute atomic E-state index is 13.0. The van der Waals surface area contributed by atoms with Crippen molar-refractivity contribution in [1.82, 2.24) is 4.31 Å². The van der Waals surface area contributed by atoms with Gasteiger partial charge in [-0.1, -0.05) is 30.3 Å². The van der Waals surface area contributed by atoms with E-state index in [4.69, 9.17) is 5.73 Å². The molecule has 2 aromatic carbocycles. The second-order valence-corrected chi connectivity index (χ2v) is 10.1. The summed E-state index contributed by atoms with van der Waals surface area (Å²) in [6.45, 7) is 0.249.